The van der Waals surface area contributed by atoms with Crippen LogP contribution in [0.2, 0.25) is 0 Å². The first kappa shape index (κ1) is 16.7. The first-order valence-electron chi connectivity index (χ1n) is 7.35. The number of rotatable bonds is 5. The standard InChI is InChI=1S/C18H16N2O2S2/c1-12-5-7-13(8-6-12)16-20-14(11-24-16)10-22-18(21)15-4-3-9-19-17(15)23-2/h3-9,11H,10H2,1-2H3. The van der Waals surface area contributed by atoms with E-state index >= 15 is 0 Å². The molecule has 0 N–H and O–H groups in total. The average molecular weight is 356 g/mol. The molecule has 0 amide bonds. The first-order valence-corrected chi connectivity index (χ1v) is 9.45. The highest BCUT2D eigenvalue weighted by molar-refractivity contribution is 7.98. The zero-order chi connectivity index (χ0) is 16.9. The predicted molar refractivity (Wildman–Crippen MR) is 97.4 cm³/mol. The molecule has 24 heavy (non-hydrogen) atoms. The summed E-state index contributed by atoms with van der Waals surface area (Å²) in [6.07, 6.45) is 3.55. The van der Waals surface area contributed by atoms with Gasteiger partial charge in [-0.2, -0.15) is 0 Å². The van der Waals surface area contributed by atoms with Crippen molar-refractivity contribution in [1.29, 1.82) is 0 Å². The van der Waals surface area contributed by atoms with Gasteiger partial charge in [-0.05, 0) is 25.3 Å². The molecule has 0 saturated carbocycles. The van der Waals surface area contributed by atoms with E-state index < -0.39 is 0 Å². The summed E-state index contributed by atoms with van der Waals surface area (Å²) in [5.41, 5.74) is 3.52. The van der Waals surface area contributed by atoms with Gasteiger partial charge in [0.25, 0.3) is 0 Å². The lowest BCUT2D eigenvalue weighted by Crippen LogP contribution is -2.07. The maximum Gasteiger partial charge on any atom is 0.341 e. The predicted octanol–water partition coefficient (Wildman–Crippen LogP) is 4.59. The van der Waals surface area contributed by atoms with E-state index in [1.807, 2.05) is 23.8 Å². The van der Waals surface area contributed by atoms with Crippen LogP contribution in [0.1, 0.15) is 21.6 Å². The molecule has 0 radical (unpaired) electrons. The number of carbonyl (C=O) groups is 1. The summed E-state index contributed by atoms with van der Waals surface area (Å²) in [6.45, 7) is 2.21. The summed E-state index contributed by atoms with van der Waals surface area (Å²) < 4.78 is 5.38. The molecule has 122 valence electrons. The molecule has 0 atom stereocenters. The summed E-state index contributed by atoms with van der Waals surface area (Å²) in [5.74, 6) is -0.377. The van der Waals surface area contributed by atoms with Gasteiger partial charge in [-0.3, -0.25) is 0 Å². The topological polar surface area (TPSA) is 52.1 Å². The SMILES string of the molecule is CSc1ncccc1C(=O)OCc1csc(-c2ccc(C)cc2)n1. The molecule has 0 bridgehead atoms. The van der Waals surface area contributed by atoms with Crippen molar-refractivity contribution in [3.8, 4) is 10.6 Å². The number of benzene rings is 1. The Morgan fingerprint density at radius 3 is 2.79 bits per heavy atom. The van der Waals surface area contributed by atoms with Crippen molar-refractivity contribution >= 4 is 29.1 Å². The summed E-state index contributed by atoms with van der Waals surface area (Å²) >= 11 is 2.97. The number of esters is 1. The molecule has 0 fully saturated rings. The van der Waals surface area contributed by atoms with E-state index in [0.29, 0.717) is 10.6 Å². The normalized spacial score (nSPS) is 10.6. The Balaban J connectivity index is 1.67. The molecule has 0 unspecified atom stereocenters. The van der Waals surface area contributed by atoms with Crippen LogP contribution in [0.4, 0.5) is 0 Å². The smallest absolute Gasteiger partial charge is 0.341 e. The van der Waals surface area contributed by atoms with Gasteiger partial charge in [-0.15, -0.1) is 23.1 Å². The highest BCUT2D eigenvalue weighted by Gasteiger charge is 2.14. The Labute approximate surface area is 148 Å². The molecule has 1 aromatic carbocycles. The highest BCUT2D eigenvalue weighted by atomic mass is 32.2. The second-order valence-electron chi connectivity index (χ2n) is 5.15. The minimum Gasteiger partial charge on any atom is -0.455 e. The number of nitrogens with zero attached hydrogens (tertiary/aromatic N) is 2. The number of thiazole rings is 1. The van der Waals surface area contributed by atoms with E-state index in [-0.39, 0.29) is 12.6 Å². The van der Waals surface area contributed by atoms with Gasteiger partial charge in [-0.1, -0.05) is 29.8 Å². The van der Waals surface area contributed by atoms with Crippen molar-refractivity contribution in [3.63, 3.8) is 0 Å². The van der Waals surface area contributed by atoms with Crippen LogP contribution >= 0.6 is 23.1 Å². The van der Waals surface area contributed by atoms with Gasteiger partial charge < -0.3 is 4.74 Å². The fourth-order valence-corrected chi connectivity index (χ4v) is 3.48. The van der Waals surface area contributed by atoms with Crippen molar-refractivity contribution < 1.29 is 9.53 Å². The molecular formula is C18H16N2O2S2. The fourth-order valence-electron chi connectivity index (χ4n) is 2.13. The lowest BCUT2D eigenvalue weighted by molar-refractivity contribution is 0.0463. The lowest BCUT2D eigenvalue weighted by Gasteiger charge is -2.05. The van der Waals surface area contributed by atoms with Gasteiger partial charge in [0.05, 0.1) is 11.3 Å². The number of carbonyl (C=O) groups excluding carboxylic acids is 1. The van der Waals surface area contributed by atoms with Crippen LogP contribution in [0.5, 0.6) is 0 Å². The zero-order valence-corrected chi connectivity index (χ0v) is 15.0. The monoisotopic (exact) mass is 356 g/mol. The number of hydrogen-bond acceptors (Lipinski definition) is 6. The molecule has 3 aromatic rings. The fraction of sp³-hybridized carbons (Fsp3) is 0.167. The quantitative estimate of drug-likeness (QED) is 0.494. The minimum absolute atomic E-state index is 0.157. The zero-order valence-electron chi connectivity index (χ0n) is 13.4. The molecule has 0 aliphatic heterocycles. The summed E-state index contributed by atoms with van der Waals surface area (Å²) in [7, 11) is 0. The van der Waals surface area contributed by atoms with Crippen LogP contribution in [-0.4, -0.2) is 22.2 Å². The Morgan fingerprint density at radius 2 is 2.04 bits per heavy atom. The highest BCUT2D eigenvalue weighted by Crippen LogP contribution is 2.24. The van der Waals surface area contributed by atoms with Crippen LogP contribution in [0.15, 0.2) is 53.0 Å². The minimum atomic E-state index is -0.377. The van der Waals surface area contributed by atoms with Crippen molar-refractivity contribution in [2.24, 2.45) is 0 Å². The Morgan fingerprint density at radius 1 is 1.25 bits per heavy atom. The summed E-state index contributed by atoms with van der Waals surface area (Å²) in [5, 5.41) is 3.51. The lowest BCUT2D eigenvalue weighted by atomic mass is 10.2. The van der Waals surface area contributed by atoms with E-state index in [1.54, 1.807) is 29.7 Å². The van der Waals surface area contributed by atoms with Crippen LogP contribution in [-0.2, 0) is 11.3 Å². The Hall–Kier alpha value is -2.18. The van der Waals surface area contributed by atoms with E-state index in [9.17, 15) is 4.79 Å². The summed E-state index contributed by atoms with van der Waals surface area (Å²) in [4.78, 5) is 20.9. The molecule has 0 saturated heterocycles. The molecule has 0 spiro atoms. The van der Waals surface area contributed by atoms with E-state index in [0.717, 1.165) is 16.3 Å². The van der Waals surface area contributed by atoms with Gasteiger partial charge in [-0.25, -0.2) is 14.8 Å². The molecule has 4 nitrogen and oxygen atoms in total. The van der Waals surface area contributed by atoms with Gasteiger partial charge >= 0.3 is 5.97 Å². The van der Waals surface area contributed by atoms with E-state index in [4.69, 9.17) is 4.74 Å². The molecule has 6 heteroatoms. The van der Waals surface area contributed by atoms with Gasteiger partial charge in [0.2, 0.25) is 0 Å². The van der Waals surface area contributed by atoms with Gasteiger partial charge in [0.1, 0.15) is 16.6 Å². The van der Waals surface area contributed by atoms with Gasteiger partial charge in [0, 0.05) is 17.1 Å². The molecular weight excluding hydrogens is 340 g/mol. The average Bonchev–Trinajstić information content (AvgIpc) is 3.09. The third kappa shape index (κ3) is 3.83. The van der Waals surface area contributed by atoms with Crippen molar-refractivity contribution in [3.05, 3.63) is 64.8 Å². The molecule has 2 heterocycles. The summed E-state index contributed by atoms with van der Waals surface area (Å²) in [6, 6.07) is 11.7. The third-order valence-corrected chi connectivity index (χ3v) is 5.04. The number of aromatic nitrogens is 2. The number of ether oxygens (including phenoxy) is 1. The number of pyridine rings is 1. The van der Waals surface area contributed by atoms with Crippen molar-refractivity contribution in [2.45, 2.75) is 18.6 Å². The largest absolute Gasteiger partial charge is 0.455 e. The molecule has 3 rings (SSSR count). The van der Waals surface area contributed by atoms with Crippen LogP contribution in [0.3, 0.4) is 0 Å². The van der Waals surface area contributed by atoms with E-state index in [1.165, 1.54) is 17.3 Å². The molecule has 0 aliphatic carbocycles. The van der Waals surface area contributed by atoms with Crippen LogP contribution in [0.25, 0.3) is 10.6 Å². The number of aryl methyl sites for hydroxylation is 1. The maximum atomic E-state index is 12.2. The van der Waals surface area contributed by atoms with Crippen LogP contribution < -0.4 is 0 Å². The second kappa shape index (κ2) is 7.59. The third-order valence-electron chi connectivity index (χ3n) is 3.39. The Kier molecular flexibility index (Phi) is 5.27. The van der Waals surface area contributed by atoms with Crippen LogP contribution in [0, 0.1) is 6.92 Å². The molecule has 0 aliphatic rings. The first-order chi connectivity index (χ1) is 11.7. The van der Waals surface area contributed by atoms with Crippen molar-refractivity contribution in [1.82, 2.24) is 9.97 Å². The van der Waals surface area contributed by atoms with E-state index in [2.05, 4.69) is 29.0 Å². The Bertz CT molecular complexity index is 844. The molecule has 2 aromatic heterocycles. The number of thioether (sulfide) groups is 1. The second-order valence-corrected chi connectivity index (χ2v) is 6.80. The maximum absolute atomic E-state index is 12.2. The van der Waals surface area contributed by atoms with Crippen molar-refractivity contribution in [2.75, 3.05) is 6.26 Å². The number of hydrogen-bond donors (Lipinski definition) is 0. The van der Waals surface area contributed by atoms with Gasteiger partial charge in [0.15, 0.2) is 0 Å².